The fraction of sp³-hybridized carbons (Fsp3) is 0.500. The number of nitrogens with zero attached hydrogens (tertiary/aromatic N) is 2. The maximum atomic E-state index is 10.5. The van der Waals surface area contributed by atoms with Crippen molar-refractivity contribution < 1.29 is 10.0 Å². The molecule has 0 aromatic carbocycles. The van der Waals surface area contributed by atoms with E-state index in [9.17, 15) is 10.1 Å². The van der Waals surface area contributed by atoms with Crippen LogP contribution in [0.1, 0.15) is 23.0 Å². The first-order valence-corrected chi connectivity index (χ1v) is 4.46. The van der Waals surface area contributed by atoms with Gasteiger partial charge in [0.05, 0.1) is 12.2 Å². The molecule has 1 aromatic rings. The number of halogens is 1. The van der Waals surface area contributed by atoms with Crippen LogP contribution in [0.4, 0.5) is 5.82 Å². The van der Waals surface area contributed by atoms with Gasteiger partial charge < -0.3 is 15.2 Å². The summed E-state index contributed by atoms with van der Waals surface area (Å²) in [7, 11) is 0. The van der Waals surface area contributed by atoms with Crippen molar-refractivity contribution in [3.63, 3.8) is 0 Å². The van der Waals surface area contributed by atoms with E-state index in [1.54, 1.807) is 6.92 Å². The van der Waals surface area contributed by atoms with E-state index in [4.69, 9.17) is 5.11 Å². The van der Waals surface area contributed by atoms with Gasteiger partial charge in [-0.1, -0.05) is 21.0 Å². The molecular weight excluding hydrogens is 242 g/mol. The van der Waals surface area contributed by atoms with Gasteiger partial charge in [-0.05, 0) is 11.8 Å². The predicted octanol–water partition coefficient (Wildman–Crippen LogP) is 1.27. The van der Waals surface area contributed by atoms with Crippen LogP contribution in [-0.4, -0.2) is 20.2 Å². The standard InChI is InChI=1S/C6H8BrN3O3/c1-3(7)5-4(2-11)8-9-6(5)10(12)13/h3,11H,2H2,1H3,(H,8,9). The molecule has 1 atom stereocenters. The molecule has 1 rings (SSSR count). The lowest BCUT2D eigenvalue weighted by atomic mass is 10.2. The maximum Gasteiger partial charge on any atom is 0.347 e. The van der Waals surface area contributed by atoms with Gasteiger partial charge in [-0.15, -0.1) is 5.10 Å². The molecule has 0 aliphatic carbocycles. The van der Waals surface area contributed by atoms with Crippen molar-refractivity contribution in [2.75, 3.05) is 0 Å². The second-order valence-electron chi connectivity index (χ2n) is 2.46. The Balaban J connectivity index is 3.22. The summed E-state index contributed by atoms with van der Waals surface area (Å²) < 4.78 is 0. The molecule has 2 N–H and O–H groups in total. The van der Waals surface area contributed by atoms with Crippen molar-refractivity contribution in [1.29, 1.82) is 0 Å². The molecule has 0 aliphatic heterocycles. The van der Waals surface area contributed by atoms with Gasteiger partial charge in [0.2, 0.25) is 0 Å². The summed E-state index contributed by atoms with van der Waals surface area (Å²) in [5.74, 6) is -0.173. The number of aromatic nitrogens is 2. The van der Waals surface area contributed by atoms with Crippen LogP contribution >= 0.6 is 15.9 Å². The summed E-state index contributed by atoms with van der Waals surface area (Å²) in [6.45, 7) is 1.42. The molecule has 0 fully saturated rings. The Kier molecular flexibility index (Phi) is 2.99. The highest BCUT2D eigenvalue weighted by atomic mass is 79.9. The average molecular weight is 250 g/mol. The highest BCUT2D eigenvalue weighted by Crippen LogP contribution is 2.31. The number of hydrogen-bond donors (Lipinski definition) is 2. The molecule has 0 aliphatic rings. The van der Waals surface area contributed by atoms with Crippen molar-refractivity contribution in [3.8, 4) is 0 Å². The monoisotopic (exact) mass is 249 g/mol. The minimum atomic E-state index is -0.556. The highest BCUT2D eigenvalue weighted by molar-refractivity contribution is 9.09. The van der Waals surface area contributed by atoms with Crippen LogP contribution in [0.15, 0.2) is 0 Å². The number of H-pyrrole nitrogens is 1. The van der Waals surface area contributed by atoms with Crippen LogP contribution in [0, 0.1) is 10.1 Å². The summed E-state index contributed by atoms with van der Waals surface area (Å²) in [5.41, 5.74) is 0.698. The smallest absolute Gasteiger partial charge is 0.347 e. The Morgan fingerprint density at radius 3 is 2.85 bits per heavy atom. The van der Waals surface area contributed by atoms with E-state index >= 15 is 0 Å². The van der Waals surface area contributed by atoms with Crippen LogP contribution < -0.4 is 0 Å². The van der Waals surface area contributed by atoms with Crippen LogP contribution in [0.3, 0.4) is 0 Å². The largest absolute Gasteiger partial charge is 0.390 e. The summed E-state index contributed by atoms with van der Waals surface area (Å²) in [4.78, 5) is 9.72. The van der Waals surface area contributed by atoms with Crippen molar-refractivity contribution in [1.82, 2.24) is 10.2 Å². The lowest BCUT2D eigenvalue weighted by Gasteiger charge is -2.01. The number of rotatable bonds is 3. The maximum absolute atomic E-state index is 10.5. The molecule has 0 radical (unpaired) electrons. The normalized spacial score (nSPS) is 12.8. The van der Waals surface area contributed by atoms with Gasteiger partial charge >= 0.3 is 5.82 Å². The number of aliphatic hydroxyl groups excluding tert-OH is 1. The zero-order chi connectivity index (χ0) is 10.0. The minimum Gasteiger partial charge on any atom is -0.390 e. The van der Waals surface area contributed by atoms with Crippen molar-refractivity contribution in [2.45, 2.75) is 18.4 Å². The van der Waals surface area contributed by atoms with Crippen LogP contribution in [0.5, 0.6) is 0 Å². The molecule has 1 aromatic heterocycles. The Labute approximate surface area is 82.2 Å². The molecule has 13 heavy (non-hydrogen) atoms. The first-order chi connectivity index (χ1) is 6.07. The fourth-order valence-corrected chi connectivity index (χ4v) is 1.54. The summed E-state index contributed by atoms with van der Waals surface area (Å²) >= 11 is 3.20. The SMILES string of the molecule is CC(Br)c1c(CO)n[nH]c1[N+](=O)[O-]. The molecule has 1 unspecified atom stereocenters. The Hall–Kier alpha value is -0.950. The number of alkyl halides is 1. The molecule has 7 heteroatoms. The number of aliphatic hydroxyl groups is 1. The van der Waals surface area contributed by atoms with Crippen LogP contribution in [-0.2, 0) is 6.61 Å². The van der Waals surface area contributed by atoms with Gasteiger partial charge in [0.15, 0.2) is 0 Å². The number of nitrogens with one attached hydrogen (secondary N) is 1. The van der Waals surface area contributed by atoms with Crippen LogP contribution in [0.2, 0.25) is 0 Å². The Bertz CT molecular complexity index is 323. The molecular formula is C6H8BrN3O3. The summed E-state index contributed by atoms with van der Waals surface area (Å²) in [5, 5.41) is 25.2. The zero-order valence-electron chi connectivity index (χ0n) is 6.82. The number of nitro groups is 1. The molecule has 0 saturated heterocycles. The topological polar surface area (TPSA) is 92.1 Å². The first kappa shape index (κ1) is 10.1. The molecule has 1 heterocycles. The molecule has 0 amide bonds. The fourth-order valence-electron chi connectivity index (χ4n) is 1.06. The predicted molar refractivity (Wildman–Crippen MR) is 48.5 cm³/mol. The van der Waals surface area contributed by atoms with Crippen molar-refractivity contribution >= 4 is 21.7 Å². The molecule has 6 nitrogen and oxygen atoms in total. The second-order valence-corrected chi connectivity index (χ2v) is 3.84. The lowest BCUT2D eigenvalue weighted by Crippen LogP contribution is -1.96. The first-order valence-electron chi connectivity index (χ1n) is 3.54. The molecule has 0 bridgehead atoms. The Morgan fingerprint density at radius 2 is 2.46 bits per heavy atom. The second kappa shape index (κ2) is 3.84. The van der Waals surface area contributed by atoms with E-state index in [1.165, 1.54) is 0 Å². The van der Waals surface area contributed by atoms with Crippen molar-refractivity contribution in [2.24, 2.45) is 0 Å². The van der Waals surface area contributed by atoms with Gasteiger partial charge in [0.25, 0.3) is 0 Å². The van der Waals surface area contributed by atoms with E-state index in [0.717, 1.165) is 0 Å². The van der Waals surface area contributed by atoms with Crippen molar-refractivity contribution in [3.05, 3.63) is 21.4 Å². The number of aromatic amines is 1. The average Bonchev–Trinajstić information content (AvgIpc) is 2.46. The Morgan fingerprint density at radius 1 is 1.85 bits per heavy atom. The highest BCUT2D eigenvalue weighted by Gasteiger charge is 2.24. The third-order valence-corrected chi connectivity index (χ3v) is 2.05. The van der Waals surface area contributed by atoms with E-state index in [2.05, 4.69) is 26.1 Å². The van der Waals surface area contributed by atoms with E-state index in [0.29, 0.717) is 11.3 Å². The third kappa shape index (κ3) is 1.86. The van der Waals surface area contributed by atoms with Gasteiger partial charge in [-0.25, -0.2) is 0 Å². The molecule has 72 valence electrons. The van der Waals surface area contributed by atoms with E-state index < -0.39 is 4.92 Å². The quantitative estimate of drug-likeness (QED) is 0.480. The molecule has 0 spiro atoms. The van der Waals surface area contributed by atoms with Gasteiger partial charge in [-0.2, -0.15) is 0 Å². The minimum absolute atomic E-state index is 0.173. The third-order valence-electron chi connectivity index (χ3n) is 1.59. The molecule has 0 saturated carbocycles. The van der Waals surface area contributed by atoms with Gasteiger partial charge in [0.1, 0.15) is 5.69 Å². The lowest BCUT2D eigenvalue weighted by molar-refractivity contribution is -0.390. The van der Waals surface area contributed by atoms with E-state index in [1.807, 2.05) is 0 Å². The van der Waals surface area contributed by atoms with Gasteiger partial charge in [-0.3, -0.25) is 0 Å². The van der Waals surface area contributed by atoms with Gasteiger partial charge in [0, 0.05) is 4.83 Å². The zero-order valence-corrected chi connectivity index (χ0v) is 8.41. The summed E-state index contributed by atoms with van der Waals surface area (Å²) in [6, 6.07) is 0. The summed E-state index contributed by atoms with van der Waals surface area (Å²) in [6.07, 6.45) is 0. The van der Waals surface area contributed by atoms with E-state index in [-0.39, 0.29) is 17.3 Å². The van der Waals surface area contributed by atoms with Crippen LogP contribution in [0.25, 0.3) is 0 Å². The number of hydrogen-bond acceptors (Lipinski definition) is 4.